The van der Waals surface area contributed by atoms with Gasteiger partial charge in [0.2, 0.25) is 0 Å². The molecule has 0 unspecified atom stereocenters. The topological polar surface area (TPSA) is 47.9 Å². The quantitative estimate of drug-likeness (QED) is 0.222. The van der Waals surface area contributed by atoms with E-state index in [0.717, 1.165) is 12.8 Å². The van der Waals surface area contributed by atoms with E-state index in [0.29, 0.717) is 0 Å². The molecular formula is C11H17NO3. The maximum Gasteiger partial charge on any atom is 0.360 e. The van der Waals surface area contributed by atoms with Crippen molar-refractivity contribution in [3.8, 4) is 0 Å². The van der Waals surface area contributed by atoms with Crippen LogP contribution in [0.3, 0.4) is 0 Å². The van der Waals surface area contributed by atoms with Gasteiger partial charge in [-0.05, 0) is 25.8 Å². The number of oxime groups is 1. The predicted octanol–water partition coefficient (Wildman–Crippen LogP) is 2.07. The summed E-state index contributed by atoms with van der Waals surface area (Å²) in [6, 6.07) is 0. The van der Waals surface area contributed by atoms with Gasteiger partial charge in [-0.2, -0.15) is 0 Å². The van der Waals surface area contributed by atoms with Crippen molar-refractivity contribution < 1.29 is 14.4 Å². The zero-order valence-corrected chi connectivity index (χ0v) is 9.40. The summed E-state index contributed by atoms with van der Waals surface area (Å²) >= 11 is 0. The van der Waals surface area contributed by atoms with Gasteiger partial charge in [-0.15, -0.1) is 0 Å². The Bertz CT molecular complexity index is 267. The molecule has 0 atom stereocenters. The third-order valence-electron chi connectivity index (χ3n) is 1.60. The number of ether oxygens (including phenoxy) is 1. The molecule has 4 heteroatoms. The maximum absolute atomic E-state index is 11.1. The van der Waals surface area contributed by atoms with Gasteiger partial charge in [-0.1, -0.05) is 23.4 Å². The van der Waals surface area contributed by atoms with Crippen LogP contribution in [-0.4, -0.2) is 25.9 Å². The second-order valence-corrected chi connectivity index (χ2v) is 2.70. The van der Waals surface area contributed by atoms with Crippen LogP contribution in [0.4, 0.5) is 0 Å². The molecule has 0 saturated heterocycles. The molecule has 0 N–H and O–H groups in total. The second-order valence-electron chi connectivity index (χ2n) is 2.70. The molecule has 0 heterocycles. The van der Waals surface area contributed by atoms with E-state index in [1.807, 2.05) is 19.1 Å². The number of methoxy groups -OCH3 is 1. The third-order valence-corrected chi connectivity index (χ3v) is 1.60. The van der Waals surface area contributed by atoms with Crippen molar-refractivity contribution in [2.75, 3.05) is 14.2 Å². The van der Waals surface area contributed by atoms with Gasteiger partial charge in [-0.25, -0.2) is 4.79 Å². The number of hydrogen-bond acceptors (Lipinski definition) is 4. The summed E-state index contributed by atoms with van der Waals surface area (Å²) in [5, 5.41) is 3.55. The normalized spacial score (nSPS) is 12.3. The Morgan fingerprint density at radius 2 is 1.93 bits per heavy atom. The Labute approximate surface area is 90.2 Å². The summed E-state index contributed by atoms with van der Waals surface area (Å²) in [6.07, 6.45) is 9.28. The van der Waals surface area contributed by atoms with Crippen molar-refractivity contribution in [2.45, 2.75) is 19.8 Å². The number of unbranched alkanes of at least 4 members (excludes halogenated alkanes) is 1. The highest BCUT2D eigenvalue weighted by atomic mass is 16.6. The van der Waals surface area contributed by atoms with Crippen LogP contribution in [0.2, 0.25) is 0 Å². The molecule has 0 aliphatic rings. The lowest BCUT2D eigenvalue weighted by molar-refractivity contribution is -0.132. The molecule has 0 saturated carbocycles. The van der Waals surface area contributed by atoms with E-state index in [9.17, 15) is 4.79 Å². The highest BCUT2D eigenvalue weighted by Gasteiger charge is 2.07. The molecule has 0 rings (SSSR count). The van der Waals surface area contributed by atoms with Gasteiger partial charge in [0.25, 0.3) is 0 Å². The molecule has 0 aromatic carbocycles. The molecule has 0 aliphatic heterocycles. The summed E-state index contributed by atoms with van der Waals surface area (Å²) in [4.78, 5) is 15.7. The highest BCUT2D eigenvalue weighted by Crippen LogP contribution is 1.95. The predicted molar refractivity (Wildman–Crippen MR) is 59.6 cm³/mol. The van der Waals surface area contributed by atoms with Crippen LogP contribution in [0.5, 0.6) is 0 Å². The first-order valence-electron chi connectivity index (χ1n) is 4.73. The molecule has 0 spiro atoms. The van der Waals surface area contributed by atoms with E-state index in [2.05, 4.69) is 20.8 Å². The first kappa shape index (κ1) is 13.4. The van der Waals surface area contributed by atoms with Crippen LogP contribution in [0.25, 0.3) is 0 Å². The minimum absolute atomic E-state index is 0.167. The Hall–Kier alpha value is -1.58. The average Bonchev–Trinajstić information content (AvgIpc) is 2.26. The Morgan fingerprint density at radius 3 is 2.47 bits per heavy atom. The van der Waals surface area contributed by atoms with E-state index >= 15 is 0 Å². The van der Waals surface area contributed by atoms with Gasteiger partial charge in [0, 0.05) is 0 Å². The molecule has 4 nitrogen and oxygen atoms in total. The number of carbonyl (C=O) groups is 1. The standard InChI is InChI=1S/C11H17NO3/c1-4-5-6-7-8-9-10(12-15-3)11(13)14-2/h4-5,8-9H,6-7H2,1-3H3/b5-4+,9-8+,12-10-. The summed E-state index contributed by atoms with van der Waals surface area (Å²) in [5.41, 5.74) is 0.167. The average molecular weight is 211 g/mol. The van der Waals surface area contributed by atoms with Crippen LogP contribution >= 0.6 is 0 Å². The lowest BCUT2D eigenvalue weighted by Gasteiger charge is -1.97. The van der Waals surface area contributed by atoms with Crippen LogP contribution in [-0.2, 0) is 14.4 Å². The smallest absolute Gasteiger partial charge is 0.360 e. The SMILES string of the molecule is C/C=C/CC/C=C/C(=N/OC)C(=O)OC. The van der Waals surface area contributed by atoms with Gasteiger partial charge >= 0.3 is 5.97 Å². The summed E-state index contributed by atoms with van der Waals surface area (Å²) in [5.74, 6) is -0.501. The molecule has 0 amide bonds. The third kappa shape index (κ3) is 6.49. The lowest BCUT2D eigenvalue weighted by Crippen LogP contribution is -2.13. The van der Waals surface area contributed by atoms with Crippen molar-refractivity contribution in [3.05, 3.63) is 24.3 Å². The molecular weight excluding hydrogens is 194 g/mol. The largest absolute Gasteiger partial charge is 0.464 e. The molecule has 0 aliphatic carbocycles. The Balaban J connectivity index is 4.17. The number of carbonyl (C=O) groups excluding carboxylic acids is 1. The van der Waals surface area contributed by atoms with Crippen LogP contribution in [0, 0.1) is 0 Å². The van der Waals surface area contributed by atoms with Crippen molar-refractivity contribution in [3.63, 3.8) is 0 Å². The minimum Gasteiger partial charge on any atom is -0.464 e. The molecule has 15 heavy (non-hydrogen) atoms. The second kappa shape index (κ2) is 8.99. The first-order chi connectivity index (χ1) is 7.26. The summed E-state index contributed by atoms with van der Waals surface area (Å²) in [7, 11) is 2.69. The Kier molecular flexibility index (Phi) is 8.05. The van der Waals surface area contributed by atoms with Crippen molar-refractivity contribution in [2.24, 2.45) is 5.16 Å². The monoisotopic (exact) mass is 211 g/mol. The number of rotatable bonds is 6. The maximum atomic E-state index is 11.1. The number of nitrogens with zero attached hydrogens (tertiary/aromatic N) is 1. The molecule has 0 aromatic heterocycles. The van der Waals surface area contributed by atoms with Gasteiger partial charge < -0.3 is 9.57 Å². The summed E-state index contributed by atoms with van der Waals surface area (Å²) < 4.78 is 4.53. The van der Waals surface area contributed by atoms with Crippen molar-refractivity contribution >= 4 is 11.7 Å². The number of hydrogen-bond donors (Lipinski definition) is 0. The van der Waals surface area contributed by atoms with Crippen LogP contribution < -0.4 is 0 Å². The van der Waals surface area contributed by atoms with Crippen LogP contribution in [0.15, 0.2) is 29.5 Å². The van der Waals surface area contributed by atoms with Crippen LogP contribution in [0.1, 0.15) is 19.8 Å². The highest BCUT2D eigenvalue weighted by molar-refractivity contribution is 6.40. The van der Waals surface area contributed by atoms with Gasteiger partial charge in [0.15, 0.2) is 5.71 Å². The van der Waals surface area contributed by atoms with E-state index < -0.39 is 5.97 Å². The fraction of sp³-hybridized carbons (Fsp3) is 0.455. The van der Waals surface area contributed by atoms with Crippen molar-refractivity contribution in [1.82, 2.24) is 0 Å². The van der Waals surface area contributed by atoms with E-state index in [1.54, 1.807) is 6.08 Å². The first-order valence-corrected chi connectivity index (χ1v) is 4.73. The zero-order chi connectivity index (χ0) is 11.5. The molecule has 0 fully saturated rings. The fourth-order valence-corrected chi connectivity index (χ4v) is 0.893. The summed E-state index contributed by atoms with van der Waals surface area (Å²) in [6.45, 7) is 1.97. The van der Waals surface area contributed by atoms with Gasteiger partial charge in [-0.3, -0.25) is 0 Å². The molecule has 0 bridgehead atoms. The zero-order valence-electron chi connectivity index (χ0n) is 9.40. The molecule has 84 valence electrons. The van der Waals surface area contributed by atoms with Gasteiger partial charge in [0.1, 0.15) is 7.11 Å². The molecule has 0 radical (unpaired) electrons. The number of allylic oxidation sites excluding steroid dienone is 3. The molecule has 0 aromatic rings. The minimum atomic E-state index is -0.501. The van der Waals surface area contributed by atoms with E-state index in [4.69, 9.17) is 0 Å². The Morgan fingerprint density at radius 1 is 1.27 bits per heavy atom. The van der Waals surface area contributed by atoms with E-state index in [1.165, 1.54) is 14.2 Å². The number of esters is 1. The van der Waals surface area contributed by atoms with Crippen molar-refractivity contribution in [1.29, 1.82) is 0 Å². The lowest BCUT2D eigenvalue weighted by atomic mass is 10.2. The fourth-order valence-electron chi connectivity index (χ4n) is 0.893. The van der Waals surface area contributed by atoms with E-state index in [-0.39, 0.29) is 5.71 Å². The van der Waals surface area contributed by atoms with Gasteiger partial charge in [0.05, 0.1) is 7.11 Å².